The Labute approximate surface area is 132 Å². The van der Waals surface area contributed by atoms with Crippen molar-refractivity contribution in [3.63, 3.8) is 0 Å². The lowest BCUT2D eigenvalue weighted by atomic mass is 10.1. The third-order valence-corrected chi connectivity index (χ3v) is 4.21. The lowest BCUT2D eigenvalue weighted by Gasteiger charge is -2.21. The van der Waals surface area contributed by atoms with Crippen LogP contribution in [0.4, 0.5) is 5.69 Å². The minimum atomic E-state index is 1.03. The Kier molecular flexibility index (Phi) is 4.10. The lowest BCUT2D eigenvalue weighted by molar-refractivity contribution is 0.866. The van der Waals surface area contributed by atoms with Gasteiger partial charge in [-0.05, 0) is 44.5 Å². The van der Waals surface area contributed by atoms with Crippen LogP contribution >= 0.6 is 0 Å². The van der Waals surface area contributed by atoms with Gasteiger partial charge in [-0.1, -0.05) is 36.4 Å². The molecule has 112 valence electrons. The molecule has 0 saturated carbocycles. The second-order valence-electron chi connectivity index (χ2n) is 5.56. The van der Waals surface area contributed by atoms with Crippen LogP contribution in [0.1, 0.15) is 19.4 Å². The zero-order valence-corrected chi connectivity index (χ0v) is 13.5. The van der Waals surface area contributed by atoms with Crippen molar-refractivity contribution in [2.24, 2.45) is 0 Å². The van der Waals surface area contributed by atoms with E-state index in [4.69, 9.17) is 4.98 Å². The van der Waals surface area contributed by atoms with Crippen molar-refractivity contribution in [1.82, 2.24) is 4.98 Å². The summed E-state index contributed by atoms with van der Waals surface area (Å²) in [4.78, 5) is 7.20. The molecule has 0 aliphatic rings. The smallest absolute Gasteiger partial charge is 0.0738 e. The summed E-state index contributed by atoms with van der Waals surface area (Å²) >= 11 is 0. The predicted octanol–water partition coefficient (Wildman–Crippen LogP) is 5.06. The van der Waals surface area contributed by atoms with Crippen LogP contribution in [0.25, 0.3) is 22.2 Å². The number of benzene rings is 2. The summed E-state index contributed by atoms with van der Waals surface area (Å²) in [6.45, 7) is 8.55. The number of para-hydroxylation sites is 1. The second-order valence-corrected chi connectivity index (χ2v) is 5.56. The first kappa shape index (κ1) is 14.6. The van der Waals surface area contributed by atoms with Gasteiger partial charge in [0.1, 0.15) is 0 Å². The Morgan fingerprint density at radius 2 is 1.59 bits per heavy atom. The SMILES string of the molecule is CCN(CC)c1ccc(-c2ccc3cccc(C)c3n2)cc1. The maximum atomic E-state index is 4.85. The van der Waals surface area contributed by atoms with Crippen molar-refractivity contribution in [3.05, 3.63) is 60.2 Å². The van der Waals surface area contributed by atoms with E-state index < -0.39 is 0 Å². The highest BCUT2D eigenvalue weighted by Crippen LogP contribution is 2.25. The summed E-state index contributed by atoms with van der Waals surface area (Å²) in [7, 11) is 0. The number of pyridine rings is 1. The summed E-state index contributed by atoms with van der Waals surface area (Å²) in [6.07, 6.45) is 0. The molecule has 22 heavy (non-hydrogen) atoms. The Morgan fingerprint density at radius 1 is 0.864 bits per heavy atom. The van der Waals surface area contributed by atoms with Crippen LogP contribution in [0.5, 0.6) is 0 Å². The third kappa shape index (κ3) is 2.69. The van der Waals surface area contributed by atoms with Gasteiger partial charge >= 0.3 is 0 Å². The summed E-state index contributed by atoms with van der Waals surface area (Å²) in [5, 5.41) is 1.20. The molecule has 0 aliphatic heterocycles. The Bertz CT molecular complexity index is 771. The lowest BCUT2D eigenvalue weighted by Crippen LogP contribution is -2.21. The van der Waals surface area contributed by atoms with E-state index in [1.54, 1.807) is 0 Å². The first-order valence-corrected chi connectivity index (χ1v) is 7.94. The van der Waals surface area contributed by atoms with Crippen molar-refractivity contribution in [2.75, 3.05) is 18.0 Å². The highest BCUT2D eigenvalue weighted by molar-refractivity contribution is 5.84. The quantitative estimate of drug-likeness (QED) is 0.668. The molecule has 3 rings (SSSR count). The number of hydrogen-bond donors (Lipinski definition) is 0. The maximum absolute atomic E-state index is 4.85. The van der Waals surface area contributed by atoms with E-state index >= 15 is 0 Å². The second kappa shape index (κ2) is 6.18. The minimum Gasteiger partial charge on any atom is -0.372 e. The van der Waals surface area contributed by atoms with Gasteiger partial charge in [0.25, 0.3) is 0 Å². The van der Waals surface area contributed by atoms with Crippen LogP contribution in [0.15, 0.2) is 54.6 Å². The van der Waals surface area contributed by atoms with Crippen LogP contribution < -0.4 is 4.90 Å². The summed E-state index contributed by atoms with van der Waals surface area (Å²) < 4.78 is 0. The van der Waals surface area contributed by atoms with E-state index in [-0.39, 0.29) is 0 Å². The minimum absolute atomic E-state index is 1.03. The first-order valence-electron chi connectivity index (χ1n) is 7.94. The molecule has 0 N–H and O–H groups in total. The van der Waals surface area contributed by atoms with Gasteiger partial charge in [0, 0.05) is 29.7 Å². The first-order chi connectivity index (χ1) is 10.7. The summed E-state index contributed by atoms with van der Waals surface area (Å²) in [6, 6.07) is 19.3. The Balaban J connectivity index is 1.99. The van der Waals surface area contributed by atoms with Gasteiger partial charge in [-0.3, -0.25) is 0 Å². The highest BCUT2D eigenvalue weighted by Gasteiger charge is 2.05. The molecule has 0 saturated heterocycles. The number of hydrogen-bond acceptors (Lipinski definition) is 2. The van der Waals surface area contributed by atoms with E-state index in [1.165, 1.54) is 22.2 Å². The maximum Gasteiger partial charge on any atom is 0.0738 e. The normalized spacial score (nSPS) is 10.9. The largest absolute Gasteiger partial charge is 0.372 e. The Morgan fingerprint density at radius 3 is 2.27 bits per heavy atom. The molecular weight excluding hydrogens is 268 g/mol. The number of rotatable bonds is 4. The fourth-order valence-corrected chi connectivity index (χ4v) is 2.89. The molecule has 0 fully saturated rings. The van der Waals surface area contributed by atoms with Crippen LogP contribution in [0, 0.1) is 6.92 Å². The average molecular weight is 290 g/mol. The van der Waals surface area contributed by atoms with E-state index in [1.807, 2.05) is 0 Å². The fraction of sp³-hybridized carbons (Fsp3) is 0.250. The molecule has 2 aromatic carbocycles. The zero-order chi connectivity index (χ0) is 15.5. The van der Waals surface area contributed by atoms with Crippen molar-refractivity contribution in [1.29, 1.82) is 0 Å². The van der Waals surface area contributed by atoms with Crippen molar-refractivity contribution in [2.45, 2.75) is 20.8 Å². The van der Waals surface area contributed by atoms with E-state index in [9.17, 15) is 0 Å². The van der Waals surface area contributed by atoms with Crippen molar-refractivity contribution < 1.29 is 0 Å². The molecule has 0 atom stereocenters. The molecule has 0 bridgehead atoms. The molecule has 0 radical (unpaired) electrons. The van der Waals surface area contributed by atoms with Gasteiger partial charge < -0.3 is 4.90 Å². The van der Waals surface area contributed by atoms with Gasteiger partial charge in [0.2, 0.25) is 0 Å². The van der Waals surface area contributed by atoms with Crippen LogP contribution in [-0.2, 0) is 0 Å². The van der Waals surface area contributed by atoms with Gasteiger partial charge in [-0.2, -0.15) is 0 Å². The van der Waals surface area contributed by atoms with E-state index in [2.05, 4.69) is 80.3 Å². The number of aryl methyl sites for hydroxylation is 1. The molecule has 2 nitrogen and oxygen atoms in total. The number of nitrogens with zero attached hydrogens (tertiary/aromatic N) is 2. The molecule has 3 aromatic rings. The van der Waals surface area contributed by atoms with Crippen LogP contribution in [0.2, 0.25) is 0 Å². The monoisotopic (exact) mass is 290 g/mol. The van der Waals surface area contributed by atoms with Crippen molar-refractivity contribution >= 4 is 16.6 Å². The molecule has 0 aliphatic carbocycles. The topological polar surface area (TPSA) is 16.1 Å². The average Bonchev–Trinajstić information content (AvgIpc) is 2.57. The molecule has 0 amide bonds. The Hall–Kier alpha value is -2.35. The fourth-order valence-electron chi connectivity index (χ4n) is 2.89. The number of aromatic nitrogens is 1. The third-order valence-electron chi connectivity index (χ3n) is 4.21. The van der Waals surface area contributed by atoms with Crippen molar-refractivity contribution in [3.8, 4) is 11.3 Å². The van der Waals surface area contributed by atoms with Crippen LogP contribution in [-0.4, -0.2) is 18.1 Å². The molecule has 1 aromatic heterocycles. The summed E-state index contributed by atoms with van der Waals surface area (Å²) in [5.41, 5.74) is 5.78. The molecular formula is C20H22N2. The van der Waals surface area contributed by atoms with Crippen LogP contribution in [0.3, 0.4) is 0 Å². The number of fused-ring (bicyclic) bond motifs is 1. The molecule has 2 heteroatoms. The molecule has 0 unspecified atom stereocenters. The van der Waals surface area contributed by atoms with Gasteiger partial charge in [-0.15, -0.1) is 0 Å². The van der Waals surface area contributed by atoms with E-state index in [0.717, 1.165) is 24.3 Å². The number of anilines is 1. The molecule has 0 spiro atoms. The van der Waals surface area contributed by atoms with Gasteiger partial charge in [0.15, 0.2) is 0 Å². The van der Waals surface area contributed by atoms with Gasteiger partial charge in [-0.25, -0.2) is 4.98 Å². The zero-order valence-electron chi connectivity index (χ0n) is 13.5. The van der Waals surface area contributed by atoms with Gasteiger partial charge in [0.05, 0.1) is 11.2 Å². The molecule has 1 heterocycles. The summed E-state index contributed by atoms with van der Waals surface area (Å²) in [5.74, 6) is 0. The predicted molar refractivity (Wildman–Crippen MR) is 95.5 cm³/mol. The standard InChI is InChI=1S/C20H22N2/c1-4-22(5-2)18-12-9-16(10-13-18)19-14-11-17-8-6-7-15(3)20(17)21-19/h6-14H,4-5H2,1-3H3. The van der Waals surface area contributed by atoms with E-state index in [0.29, 0.717) is 0 Å². The highest BCUT2D eigenvalue weighted by atomic mass is 15.1.